The number of ether oxygens (including phenoxy) is 1. The standard InChI is InChI=1S/C16H25ClN4O3/c1-16(2,3)24-15(23)18-9-11-7-5-6-8-21(11)12-10-19-20(4)14(22)13(12)17/h10-11H,5-9H2,1-4H3,(H,18,23). The van der Waals surface area contributed by atoms with Crippen LogP contribution in [0.15, 0.2) is 11.0 Å². The third kappa shape index (κ3) is 4.63. The molecule has 1 atom stereocenters. The van der Waals surface area contributed by atoms with Gasteiger partial charge in [-0.3, -0.25) is 4.79 Å². The molecule has 1 unspecified atom stereocenters. The van der Waals surface area contributed by atoms with Crippen molar-refractivity contribution < 1.29 is 9.53 Å². The summed E-state index contributed by atoms with van der Waals surface area (Å²) in [7, 11) is 1.57. The molecule has 1 aromatic heterocycles. The first kappa shape index (κ1) is 18.6. The average molecular weight is 357 g/mol. The van der Waals surface area contributed by atoms with Crippen molar-refractivity contribution in [1.29, 1.82) is 0 Å². The molecule has 134 valence electrons. The van der Waals surface area contributed by atoms with Gasteiger partial charge >= 0.3 is 6.09 Å². The van der Waals surface area contributed by atoms with Crippen molar-refractivity contribution in [3.05, 3.63) is 21.6 Å². The van der Waals surface area contributed by atoms with Gasteiger partial charge in [0.2, 0.25) is 0 Å². The van der Waals surface area contributed by atoms with Crippen LogP contribution in [0.1, 0.15) is 40.0 Å². The van der Waals surface area contributed by atoms with Gasteiger partial charge in [-0.15, -0.1) is 0 Å². The van der Waals surface area contributed by atoms with E-state index in [-0.39, 0.29) is 16.6 Å². The molecule has 0 aliphatic carbocycles. The van der Waals surface area contributed by atoms with Crippen molar-refractivity contribution in [2.45, 2.75) is 51.7 Å². The van der Waals surface area contributed by atoms with Crippen LogP contribution < -0.4 is 15.8 Å². The first-order valence-corrected chi connectivity index (χ1v) is 8.52. The fourth-order valence-corrected chi connectivity index (χ4v) is 3.03. The van der Waals surface area contributed by atoms with E-state index in [9.17, 15) is 9.59 Å². The van der Waals surface area contributed by atoms with E-state index in [1.165, 1.54) is 4.68 Å². The van der Waals surface area contributed by atoms with E-state index in [0.717, 1.165) is 25.8 Å². The lowest BCUT2D eigenvalue weighted by Gasteiger charge is -2.37. The van der Waals surface area contributed by atoms with E-state index in [4.69, 9.17) is 16.3 Å². The number of carbonyl (C=O) groups excluding carboxylic acids is 1. The Kier molecular flexibility index (Phi) is 5.74. The van der Waals surface area contributed by atoms with Gasteiger partial charge in [0.05, 0.1) is 11.9 Å². The maximum Gasteiger partial charge on any atom is 0.407 e. The number of nitrogens with zero attached hydrogens (tertiary/aromatic N) is 3. The van der Waals surface area contributed by atoms with Crippen LogP contribution in [0, 0.1) is 0 Å². The molecule has 1 aliphatic heterocycles. The van der Waals surface area contributed by atoms with Crippen LogP contribution in [-0.2, 0) is 11.8 Å². The van der Waals surface area contributed by atoms with E-state index in [1.54, 1.807) is 13.2 Å². The summed E-state index contributed by atoms with van der Waals surface area (Å²) in [4.78, 5) is 25.9. The molecule has 0 bridgehead atoms. The first-order chi connectivity index (χ1) is 11.2. The lowest BCUT2D eigenvalue weighted by atomic mass is 10.0. The van der Waals surface area contributed by atoms with Gasteiger partial charge in [-0.2, -0.15) is 5.10 Å². The Morgan fingerprint density at radius 2 is 2.17 bits per heavy atom. The second kappa shape index (κ2) is 7.42. The van der Waals surface area contributed by atoms with Crippen molar-refractivity contribution in [3.8, 4) is 0 Å². The quantitative estimate of drug-likeness (QED) is 0.899. The van der Waals surface area contributed by atoms with Crippen LogP contribution in [0.2, 0.25) is 5.02 Å². The molecule has 24 heavy (non-hydrogen) atoms. The molecule has 2 rings (SSSR count). The SMILES string of the molecule is Cn1ncc(N2CCCCC2CNC(=O)OC(C)(C)C)c(Cl)c1=O. The highest BCUT2D eigenvalue weighted by molar-refractivity contribution is 6.33. The summed E-state index contributed by atoms with van der Waals surface area (Å²) in [5.74, 6) is 0. The summed E-state index contributed by atoms with van der Waals surface area (Å²) >= 11 is 6.22. The molecule has 8 heteroatoms. The van der Waals surface area contributed by atoms with Gasteiger partial charge in [0.25, 0.3) is 5.56 Å². The van der Waals surface area contributed by atoms with Crippen molar-refractivity contribution in [2.75, 3.05) is 18.0 Å². The topological polar surface area (TPSA) is 76.5 Å². The molecule has 2 heterocycles. The van der Waals surface area contributed by atoms with Crippen molar-refractivity contribution >= 4 is 23.4 Å². The van der Waals surface area contributed by atoms with Gasteiger partial charge in [-0.25, -0.2) is 9.48 Å². The number of amides is 1. The highest BCUT2D eigenvalue weighted by Crippen LogP contribution is 2.28. The number of aromatic nitrogens is 2. The monoisotopic (exact) mass is 356 g/mol. The number of piperidine rings is 1. The first-order valence-electron chi connectivity index (χ1n) is 8.14. The molecule has 1 aromatic rings. The number of carbonyl (C=O) groups is 1. The molecule has 1 saturated heterocycles. The van der Waals surface area contributed by atoms with Gasteiger partial charge in [-0.1, -0.05) is 11.6 Å². The molecule has 1 fully saturated rings. The molecule has 0 saturated carbocycles. The van der Waals surface area contributed by atoms with Crippen molar-refractivity contribution in [2.24, 2.45) is 7.05 Å². The van der Waals surface area contributed by atoms with E-state index in [1.807, 2.05) is 20.8 Å². The Morgan fingerprint density at radius 3 is 2.83 bits per heavy atom. The summed E-state index contributed by atoms with van der Waals surface area (Å²) in [5.41, 5.74) is -0.232. The fourth-order valence-electron chi connectivity index (χ4n) is 2.75. The zero-order chi connectivity index (χ0) is 17.9. The van der Waals surface area contributed by atoms with Crippen LogP contribution in [0.3, 0.4) is 0 Å². The molecule has 1 aliphatic rings. The molecule has 0 aromatic carbocycles. The molecule has 0 radical (unpaired) electrons. The Bertz CT molecular complexity index is 654. The maximum absolute atomic E-state index is 12.0. The number of aryl methyl sites for hydroxylation is 1. The van der Waals surface area contributed by atoms with E-state index >= 15 is 0 Å². The second-order valence-electron chi connectivity index (χ2n) is 7.00. The summed E-state index contributed by atoms with van der Waals surface area (Å²) in [6, 6.07) is 0.0534. The number of nitrogens with one attached hydrogen (secondary N) is 1. The largest absolute Gasteiger partial charge is 0.444 e. The highest BCUT2D eigenvalue weighted by Gasteiger charge is 2.27. The number of alkyl carbamates (subject to hydrolysis) is 1. The summed E-state index contributed by atoms with van der Waals surface area (Å²) in [6.45, 7) is 6.68. The number of anilines is 1. The highest BCUT2D eigenvalue weighted by atomic mass is 35.5. The Labute approximate surface area is 146 Å². The van der Waals surface area contributed by atoms with Crippen molar-refractivity contribution in [3.63, 3.8) is 0 Å². The van der Waals surface area contributed by atoms with Gasteiger partial charge in [-0.05, 0) is 40.0 Å². The smallest absolute Gasteiger partial charge is 0.407 e. The minimum absolute atomic E-state index is 0.0534. The maximum atomic E-state index is 12.0. The third-order valence-corrected chi connectivity index (χ3v) is 4.23. The van der Waals surface area contributed by atoms with Gasteiger partial charge in [0, 0.05) is 26.2 Å². The number of halogens is 1. The predicted molar refractivity (Wildman–Crippen MR) is 93.7 cm³/mol. The second-order valence-corrected chi connectivity index (χ2v) is 7.38. The normalized spacial score (nSPS) is 18.4. The molecular weight excluding hydrogens is 332 g/mol. The molecule has 7 nitrogen and oxygen atoms in total. The minimum Gasteiger partial charge on any atom is -0.444 e. The molecular formula is C16H25ClN4O3. The average Bonchev–Trinajstić information content (AvgIpc) is 2.50. The Balaban J connectivity index is 2.10. The van der Waals surface area contributed by atoms with Crippen LogP contribution in [-0.4, -0.2) is 40.6 Å². The number of rotatable bonds is 3. The van der Waals surface area contributed by atoms with Crippen molar-refractivity contribution in [1.82, 2.24) is 15.1 Å². The minimum atomic E-state index is -0.533. The number of hydrogen-bond acceptors (Lipinski definition) is 5. The lowest BCUT2D eigenvalue weighted by molar-refractivity contribution is 0.0523. The molecule has 1 amide bonds. The predicted octanol–water partition coefficient (Wildman–Crippen LogP) is 2.32. The Hall–Kier alpha value is -1.76. The number of hydrogen-bond donors (Lipinski definition) is 1. The summed E-state index contributed by atoms with van der Waals surface area (Å²) in [5, 5.41) is 7.03. The zero-order valence-corrected chi connectivity index (χ0v) is 15.4. The van der Waals surface area contributed by atoms with Gasteiger partial charge < -0.3 is 15.0 Å². The fraction of sp³-hybridized carbons (Fsp3) is 0.688. The lowest BCUT2D eigenvalue weighted by Crippen LogP contribution is -2.48. The van der Waals surface area contributed by atoms with Crippen LogP contribution in [0.25, 0.3) is 0 Å². The third-order valence-electron chi connectivity index (χ3n) is 3.88. The van der Waals surface area contributed by atoms with E-state index in [2.05, 4.69) is 15.3 Å². The Morgan fingerprint density at radius 1 is 1.46 bits per heavy atom. The van der Waals surface area contributed by atoms with E-state index < -0.39 is 11.7 Å². The van der Waals surface area contributed by atoms with Crippen LogP contribution in [0.5, 0.6) is 0 Å². The van der Waals surface area contributed by atoms with Gasteiger partial charge in [0.1, 0.15) is 10.6 Å². The summed E-state index contributed by atoms with van der Waals surface area (Å²) in [6.07, 6.45) is 4.14. The van der Waals surface area contributed by atoms with Gasteiger partial charge in [0.15, 0.2) is 0 Å². The van der Waals surface area contributed by atoms with E-state index in [0.29, 0.717) is 12.2 Å². The summed E-state index contributed by atoms with van der Waals surface area (Å²) < 4.78 is 6.48. The van der Waals surface area contributed by atoms with Crippen LogP contribution in [0.4, 0.5) is 10.5 Å². The van der Waals surface area contributed by atoms with Crippen LogP contribution >= 0.6 is 11.6 Å². The molecule has 0 spiro atoms. The molecule has 1 N–H and O–H groups in total. The zero-order valence-electron chi connectivity index (χ0n) is 14.6.